The number of sulfonamides is 1. The lowest BCUT2D eigenvalue weighted by Gasteiger charge is -2.21. The van der Waals surface area contributed by atoms with Crippen LogP contribution in [0.3, 0.4) is 0 Å². The number of carbonyl (C=O) groups excluding carboxylic acids is 2. The number of carbonyl (C=O) groups is 2. The van der Waals surface area contributed by atoms with Crippen LogP contribution in [-0.2, 0) is 14.8 Å². The van der Waals surface area contributed by atoms with Gasteiger partial charge in [-0.1, -0.05) is 13.8 Å². The van der Waals surface area contributed by atoms with E-state index in [0.29, 0.717) is 13.0 Å². The molecule has 2 saturated heterocycles. The Kier molecular flexibility index (Phi) is 3.82. The van der Waals surface area contributed by atoms with E-state index in [-0.39, 0.29) is 36.7 Å². The van der Waals surface area contributed by atoms with Gasteiger partial charge in [0.25, 0.3) is 0 Å². The Labute approximate surface area is 113 Å². The molecule has 2 fully saturated rings. The smallest absolute Gasteiger partial charge is 0.324 e. The number of imide groups is 1. The van der Waals surface area contributed by atoms with Crippen molar-refractivity contribution in [3.8, 4) is 0 Å². The highest BCUT2D eigenvalue weighted by atomic mass is 32.2. The quantitative estimate of drug-likeness (QED) is 0.713. The summed E-state index contributed by atoms with van der Waals surface area (Å²) < 4.78 is 25.6. The lowest BCUT2D eigenvalue weighted by atomic mass is 10.2. The third-order valence-electron chi connectivity index (χ3n) is 3.31. The van der Waals surface area contributed by atoms with Gasteiger partial charge in [0.15, 0.2) is 0 Å². The van der Waals surface area contributed by atoms with Crippen LogP contribution in [0.25, 0.3) is 0 Å². The minimum Gasteiger partial charge on any atom is -0.329 e. The molecule has 0 aliphatic carbocycles. The van der Waals surface area contributed by atoms with Crippen LogP contribution < -0.4 is 5.32 Å². The first-order valence-electron chi connectivity index (χ1n) is 6.39. The van der Waals surface area contributed by atoms with Gasteiger partial charge in [-0.05, 0) is 12.3 Å². The van der Waals surface area contributed by atoms with Crippen molar-refractivity contribution in [2.24, 2.45) is 5.92 Å². The minimum atomic E-state index is -3.29. The second kappa shape index (κ2) is 5.09. The molecule has 8 heteroatoms. The van der Waals surface area contributed by atoms with Crippen molar-refractivity contribution >= 4 is 22.0 Å². The van der Waals surface area contributed by atoms with Gasteiger partial charge in [-0.2, -0.15) is 4.31 Å². The third-order valence-corrected chi connectivity index (χ3v) is 5.51. The second-order valence-corrected chi connectivity index (χ2v) is 7.41. The summed E-state index contributed by atoms with van der Waals surface area (Å²) in [6.07, 6.45) is 0.510. The maximum atomic E-state index is 12.1. The zero-order chi connectivity index (χ0) is 14.2. The lowest BCUT2D eigenvalue weighted by molar-refractivity contribution is -0.126. The van der Waals surface area contributed by atoms with Gasteiger partial charge in [-0.3, -0.25) is 9.69 Å². The maximum Gasteiger partial charge on any atom is 0.324 e. The Hall–Kier alpha value is -1.15. The van der Waals surface area contributed by atoms with Crippen molar-refractivity contribution in [1.29, 1.82) is 0 Å². The van der Waals surface area contributed by atoms with Crippen molar-refractivity contribution in [3.63, 3.8) is 0 Å². The van der Waals surface area contributed by atoms with Gasteiger partial charge in [-0.15, -0.1) is 0 Å². The predicted molar refractivity (Wildman–Crippen MR) is 68.8 cm³/mol. The molecule has 108 valence electrons. The Balaban J connectivity index is 2.04. The van der Waals surface area contributed by atoms with Crippen molar-refractivity contribution in [1.82, 2.24) is 14.5 Å². The van der Waals surface area contributed by atoms with Gasteiger partial charge in [0.05, 0.1) is 18.3 Å². The van der Waals surface area contributed by atoms with E-state index in [1.165, 1.54) is 4.31 Å². The van der Waals surface area contributed by atoms with Gasteiger partial charge in [0, 0.05) is 13.1 Å². The highest BCUT2D eigenvalue weighted by Crippen LogP contribution is 2.21. The summed E-state index contributed by atoms with van der Waals surface area (Å²) in [6.45, 7) is 4.30. The monoisotopic (exact) mass is 289 g/mol. The molecule has 0 saturated carbocycles. The number of rotatable bonds is 4. The first kappa shape index (κ1) is 14.3. The molecule has 0 aromatic carbocycles. The Morgan fingerprint density at radius 1 is 1.37 bits per heavy atom. The molecular formula is C11H19N3O4S. The average Bonchev–Trinajstić information content (AvgIpc) is 2.84. The molecule has 19 heavy (non-hydrogen) atoms. The lowest BCUT2D eigenvalue weighted by Crippen LogP contribution is -2.43. The van der Waals surface area contributed by atoms with Gasteiger partial charge < -0.3 is 5.32 Å². The molecule has 0 bridgehead atoms. The van der Waals surface area contributed by atoms with Crippen LogP contribution >= 0.6 is 0 Å². The molecular weight excluding hydrogens is 270 g/mol. The molecule has 2 heterocycles. The maximum absolute atomic E-state index is 12.1. The van der Waals surface area contributed by atoms with Crippen molar-refractivity contribution in [2.75, 3.05) is 25.4 Å². The number of hydrogen-bond donors (Lipinski definition) is 1. The highest BCUT2D eigenvalue weighted by molar-refractivity contribution is 7.89. The standard InChI is InChI=1S/C11H19N3O4S/c1-8(2)7-19(17,18)13-4-3-9(6-13)14-10(15)5-12-11(14)16/h8-9H,3-7H2,1-2H3,(H,12,16). The third kappa shape index (κ3) is 2.89. The topological polar surface area (TPSA) is 86.8 Å². The predicted octanol–water partition coefficient (Wildman–Crippen LogP) is -0.402. The fourth-order valence-corrected chi connectivity index (χ4v) is 4.34. The van der Waals surface area contributed by atoms with Crippen LogP contribution in [0.15, 0.2) is 0 Å². The molecule has 3 amide bonds. The Morgan fingerprint density at radius 2 is 2.05 bits per heavy atom. The van der Waals surface area contributed by atoms with E-state index < -0.39 is 16.1 Å². The van der Waals surface area contributed by atoms with E-state index in [2.05, 4.69) is 5.32 Å². The van der Waals surface area contributed by atoms with E-state index in [0.717, 1.165) is 4.90 Å². The summed E-state index contributed by atoms with van der Waals surface area (Å²) in [6, 6.07) is -0.755. The minimum absolute atomic E-state index is 0.00801. The van der Waals surface area contributed by atoms with E-state index in [1.807, 2.05) is 13.8 Å². The Morgan fingerprint density at radius 3 is 2.58 bits per heavy atom. The van der Waals surface area contributed by atoms with Crippen molar-refractivity contribution in [2.45, 2.75) is 26.3 Å². The van der Waals surface area contributed by atoms with Gasteiger partial charge in [0.1, 0.15) is 0 Å². The van der Waals surface area contributed by atoms with Crippen LogP contribution in [-0.4, -0.2) is 61.0 Å². The first-order chi connectivity index (χ1) is 8.81. The van der Waals surface area contributed by atoms with Crippen molar-refractivity contribution < 1.29 is 18.0 Å². The fourth-order valence-electron chi connectivity index (χ4n) is 2.50. The summed E-state index contributed by atoms with van der Waals surface area (Å²) >= 11 is 0. The molecule has 1 N–H and O–H groups in total. The normalized spacial score (nSPS) is 25.4. The molecule has 7 nitrogen and oxygen atoms in total. The molecule has 2 rings (SSSR count). The van der Waals surface area contributed by atoms with E-state index >= 15 is 0 Å². The second-order valence-electron chi connectivity index (χ2n) is 5.40. The number of amides is 3. The molecule has 0 aromatic rings. The summed E-state index contributed by atoms with van der Waals surface area (Å²) in [5.41, 5.74) is 0. The fraction of sp³-hybridized carbons (Fsp3) is 0.818. The first-order valence-corrected chi connectivity index (χ1v) is 8.00. The summed E-state index contributed by atoms with van der Waals surface area (Å²) in [7, 11) is -3.29. The van der Waals surface area contributed by atoms with Crippen LogP contribution in [0, 0.1) is 5.92 Å². The summed E-state index contributed by atoms with van der Waals surface area (Å²) in [5, 5.41) is 2.45. The summed E-state index contributed by atoms with van der Waals surface area (Å²) in [5.74, 6) is -0.126. The van der Waals surface area contributed by atoms with Crippen LogP contribution in [0.5, 0.6) is 0 Å². The Bertz CT molecular complexity index is 472. The summed E-state index contributed by atoms with van der Waals surface area (Å²) in [4.78, 5) is 24.3. The highest BCUT2D eigenvalue weighted by Gasteiger charge is 2.41. The molecule has 1 unspecified atom stereocenters. The van der Waals surface area contributed by atoms with Crippen LogP contribution in [0.4, 0.5) is 4.79 Å². The molecule has 0 radical (unpaired) electrons. The molecule has 2 aliphatic rings. The van der Waals surface area contributed by atoms with E-state index in [4.69, 9.17) is 0 Å². The van der Waals surface area contributed by atoms with Gasteiger partial charge in [0.2, 0.25) is 15.9 Å². The average molecular weight is 289 g/mol. The zero-order valence-corrected chi connectivity index (χ0v) is 11.9. The van der Waals surface area contributed by atoms with Crippen LogP contribution in [0.2, 0.25) is 0 Å². The van der Waals surface area contributed by atoms with Gasteiger partial charge in [-0.25, -0.2) is 13.2 Å². The van der Waals surface area contributed by atoms with Gasteiger partial charge >= 0.3 is 6.03 Å². The molecule has 2 aliphatic heterocycles. The molecule has 1 atom stereocenters. The largest absolute Gasteiger partial charge is 0.329 e. The molecule has 0 spiro atoms. The van der Waals surface area contributed by atoms with Crippen molar-refractivity contribution in [3.05, 3.63) is 0 Å². The zero-order valence-electron chi connectivity index (χ0n) is 11.1. The molecule has 0 aromatic heterocycles. The number of nitrogens with one attached hydrogen (secondary N) is 1. The van der Waals surface area contributed by atoms with Crippen LogP contribution in [0.1, 0.15) is 20.3 Å². The van der Waals surface area contributed by atoms with E-state index in [1.54, 1.807) is 0 Å². The van der Waals surface area contributed by atoms with E-state index in [9.17, 15) is 18.0 Å². The number of urea groups is 1. The SMILES string of the molecule is CC(C)CS(=O)(=O)N1CCC(N2C(=O)CNC2=O)C1. The number of hydrogen-bond acceptors (Lipinski definition) is 4. The number of nitrogens with zero attached hydrogens (tertiary/aromatic N) is 2.